The first-order valence-electron chi connectivity index (χ1n) is 9.97. The zero-order chi connectivity index (χ0) is 21.2. The summed E-state index contributed by atoms with van der Waals surface area (Å²) in [6, 6.07) is 14.9. The van der Waals surface area contributed by atoms with Gasteiger partial charge in [-0.1, -0.05) is 45.5 Å². The van der Waals surface area contributed by atoms with Gasteiger partial charge in [-0.05, 0) is 48.2 Å². The number of hydrogen-bond acceptors (Lipinski definition) is 5. The van der Waals surface area contributed by atoms with E-state index < -0.39 is 0 Å². The third kappa shape index (κ3) is 6.72. The predicted molar refractivity (Wildman–Crippen MR) is 122 cm³/mol. The summed E-state index contributed by atoms with van der Waals surface area (Å²) in [5.74, 6) is -0.296. The number of allylic oxidation sites excluding steroid dienone is 1. The molecule has 1 aliphatic heterocycles. The lowest BCUT2D eigenvalue weighted by Crippen LogP contribution is -2.23. The molecule has 30 heavy (non-hydrogen) atoms. The van der Waals surface area contributed by atoms with E-state index in [-0.39, 0.29) is 24.0 Å². The van der Waals surface area contributed by atoms with Crippen LogP contribution < -0.4 is 4.90 Å². The Balaban J connectivity index is 0.00000146. The largest absolute Gasteiger partial charge is 0.462 e. The minimum Gasteiger partial charge on any atom is -0.462 e. The van der Waals surface area contributed by atoms with Gasteiger partial charge in [0.05, 0.1) is 17.1 Å². The highest BCUT2D eigenvalue weighted by Crippen LogP contribution is 2.29. The van der Waals surface area contributed by atoms with Crippen LogP contribution in [0.4, 0.5) is 5.69 Å². The Morgan fingerprint density at radius 1 is 1.20 bits per heavy atom. The van der Waals surface area contributed by atoms with Gasteiger partial charge >= 0.3 is 5.97 Å². The minimum atomic E-state index is -0.379. The van der Waals surface area contributed by atoms with E-state index in [0.29, 0.717) is 12.2 Å². The molecule has 6 heteroatoms. The van der Waals surface area contributed by atoms with Crippen LogP contribution in [-0.4, -0.2) is 30.6 Å². The molecule has 1 aliphatic rings. The second kappa shape index (κ2) is 12.4. The molecule has 0 saturated heterocycles. The van der Waals surface area contributed by atoms with Crippen LogP contribution in [0.5, 0.6) is 0 Å². The van der Waals surface area contributed by atoms with Gasteiger partial charge in [0.15, 0.2) is 0 Å². The highest BCUT2D eigenvalue weighted by molar-refractivity contribution is 5.89. The first-order valence-corrected chi connectivity index (χ1v) is 9.97. The molecule has 0 spiro atoms. The molecule has 0 atom stereocenters. The number of nitrogens with zero attached hydrogens (tertiary/aromatic N) is 2. The van der Waals surface area contributed by atoms with Crippen molar-refractivity contribution in [1.29, 1.82) is 0 Å². The Bertz CT molecular complexity index is 863. The SMILES string of the molecule is C.C/C(=C/c1ccc2c(c1)CCN2CCCOC(=O)c1ccccc1)[N+](=O)[O-].CC. The number of nitro groups is 1. The number of anilines is 1. The molecule has 0 N–H and O–H groups in total. The Kier molecular flexibility index (Phi) is 10.3. The van der Waals surface area contributed by atoms with Gasteiger partial charge in [-0.25, -0.2) is 4.79 Å². The first-order chi connectivity index (χ1) is 14.0. The van der Waals surface area contributed by atoms with Gasteiger partial charge in [-0.2, -0.15) is 0 Å². The van der Waals surface area contributed by atoms with Gasteiger partial charge in [-0.15, -0.1) is 0 Å². The van der Waals surface area contributed by atoms with Crippen molar-refractivity contribution in [3.8, 4) is 0 Å². The van der Waals surface area contributed by atoms with Crippen molar-refractivity contribution < 1.29 is 14.5 Å². The van der Waals surface area contributed by atoms with E-state index >= 15 is 0 Å². The van der Waals surface area contributed by atoms with Crippen molar-refractivity contribution in [2.24, 2.45) is 0 Å². The monoisotopic (exact) mass is 412 g/mol. The maximum absolute atomic E-state index is 11.9. The second-order valence-corrected chi connectivity index (χ2v) is 6.52. The fraction of sp³-hybridized carbons (Fsp3) is 0.375. The lowest BCUT2D eigenvalue weighted by Gasteiger charge is -2.19. The molecule has 2 aromatic carbocycles. The van der Waals surface area contributed by atoms with Crippen LogP contribution >= 0.6 is 0 Å². The van der Waals surface area contributed by atoms with Gasteiger partial charge in [0.2, 0.25) is 5.70 Å². The summed E-state index contributed by atoms with van der Waals surface area (Å²) in [6.45, 7) is 7.58. The number of hydrogen-bond donors (Lipinski definition) is 0. The minimum absolute atomic E-state index is 0. The normalized spacial score (nSPS) is 12.2. The summed E-state index contributed by atoms with van der Waals surface area (Å²) in [5, 5.41) is 10.8. The van der Waals surface area contributed by atoms with Gasteiger partial charge in [0, 0.05) is 31.8 Å². The fourth-order valence-corrected chi connectivity index (χ4v) is 3.18. The molecular formula is C24H32N2O4. The van der Waals surface area contributed by atoms with E-state index in [1.165, 1.54) is 12.5 Å². The number of ether oxygens (including phenoxy) is 1. The molecule has 1 heterocycles. The van der Waals surface area contributed by atoms with Gasteiger partial charge in [-0.3, -0.25) is 10.1 Å². The van der Waals surface area contributed by atoms with E-state index in [4.69, 9.17) is 4.74 Å². The van der Waals surface area contributed by atoms with Gasteiger partial charge in [0.1, 0.15) is 0 Å². The number of carbonyl (C=O) groups excluding carboxylic acids is 1. The number of carbonyl (C=O) groups is 1. The van der Waals surface area contributed by atoms with Crippen LogP contribution in [0.15, 0.2) is 54.2 Å². The summed E-state index contributed by atoms with van der Waals surface area (Å²) < 4.78 is 5.32. The number of esters is 1. The molecule has 162 valence electrons. The van der Waals surface area contributed by atoms with Gasteiger partial charge in [0.25, 0.3) is 0 Å². The standard InChI is InChI=1S/C21H22N2O4.C2H6.CH4/c1-16(23(25)26)14-17-8-9-20-19(15-17)10-12-22(20)11-5-13-27-21(24)18-6-3-2-4-7-18;1-2;/h2-4,6-9,14-15H,5,10-13H2,1H3;1-2H3;1H4/b16-14-;;. The Labute approximate surface area is 179 Å². The second-order valence-electron chi connectivity index (χ2n) is 6.52. The zero-order valence-corrected chi connectivity index (χ0v) is 17.3. The average molecular weight is 413 g/mol. The fourth-order valence-electron chi connectivity index (χ4n) is 3.18. The van der Waals surface area contributed by atoms with Crippen LogP contribution in [0.2, 0.25) is 0 Å². The van der Waals surface area contributed by atoms with Crippen LogP contribution in [0.25, 0.3) is 6.08 Å². The third-order valence-corrected chi connectivity index (χ3v) is 4.57. The lowest BCUT2D eigenvalue weighted by atomic mass is 10.1. The number of benzene rings is 2. The molecule has 3 rings (SSSR count). The molecule has 0 bridgehead atoms. The maximum Gasteiger partial charge on any atom is 0.338 e. The Morgan fingerprint density at radius 3 is 2.57 bits per heavy atom. The van der Waals surface area contributed by atoms with Crippen molar-refractivity contribution >= 4 is 17.7 Å². The molecule has 0 saturated carbocycles. The lowest BCUT2D eigenvalue weighted by molar-refractivity contribution is -0.422. The first kappa shape index (κ1) is 24.9. The van der Waals surface area contributed by atoms with E-state index in [2.05, 4.69) is 4.90 Å². The molecule has 0 aromatic heterocycles. The van der Waals surface area contributed by atoms with E-state index in [1.54, 1.807) is 18.2 Å². The molecule has 0 fully saturated rings. The Morgan fingerprint density at radius 2 is 1.90 bits per heavy atom. The highest BCUT2D eigenvalue weighted by atomic mass is 16.6. The van der Waals surface area contributed by atoms with Crippen molar-refractivity contribution in [1.82, 2.24) is 0 Å². The van der Waals surface area contributed by atoms with Gasteiger partial charge < -0.3 is 9.64 Å². The molecule has 0 amide bonds. The summed E-state index contributed by atoms with van der Waals surface area (Å²) in [5.41, 5.74) is 3.89. The molecule has 0 radical (unpaired) electrons. The summed E-state index contributed by atoms with van der Waals surface area (Å²) in [4.78, 5) is 24.6. The molecule has 0 unspecified atom stereocenters. The predicted octanol–water partition coefficient (Wildman–Crippen LogP) is 5.60. The van der Waals surface area contributed by atoms with Crippen molar-refractivity contribution in [2.75, 3.05) is 24.6 Å². The quantitative estimate of drug-likeness (QED) is 0.256. The summed E-state index contributed by atoms with van der Waals surface area (Å²) >= 11 is 0. The Hall–Kier alpha value is -3.15. The van der Waals surface area contributed by atoms with Crippen LogP contribution in [0.3, 0.4) is 0 Å². The highest BCUT2D eigenvalue weighted by Gasteiger charge is 2.19. The third-order valence-electron chi connectivity index (χ3n) is 4.57. The van der Waals surface area contributed by atoms with E-state index in [9.17, 15) is 14.9 Å². The summed E-state index contributed by atoms with van der Waals surface area (Å²) in [7, 11) is 0. The van der Waals surface area contributed by atoms with Crippen molar-refractivity contribution in [2.45, 2.75) is 41.0 Å². The number of fused-ring (bicyclic) bond motifs is 1. The van der Waals surface area contributed by atoms with Crippen LogP contribution in [-0.2, 0) is 11.2 Å². The molecular weight excluding hydrogens is 380 g/mol. The van der Waals surface area contributed by atoms with E-state index in [0.717, 1.165) is 37.2 Å². The van der Waals surface area contributed by atoms with Crippen LogP contribution in [0.1, 0.15) is 56.1 Å². The molecule has 6 nitrogen and oxygen atoms in total. The van der Waals surface area contributed by atoms with Crippen molar-refractivity contribution in [3.63, 3.8) is 0 Å². The van der Waals surface area contributed by atoms with E-state index in [1.807, 2.05) is 50.2 Å². The van der Waals surface area contributed by atoms with Crippen LogP contribution in [0, 0.1) is 10.1 Å². The summed E-state index contributed by atoms with van der Waals surface area (Å²) in [6.07, 6.45) is 3.25. The topological polar surface area (TPSA) is 72.7 Å². The van der Waals surface area contributed by atoms with Crippen molar-refractivity contribution in [3.05, 3.63) is 81.0 Å². The maximum atomic E-state index is 11.9. The zero-order valence-electron chi connectivity index (χ0n) is 17.3. The number of rotatable bonds is 7. The smallest absolute Gasteiger partial charge is 0.338 e. The average Bonchev–Trinajstić information content (AvgIpc) is 3.15. The molecule has 0 aliphatic carbocycles. The molecule has 2 aromatic rings.